The number of carbonyl (C=O) groups excluding carboxylic acids is 1. The summed E-state index contributed by atoms with van der Waals surface area (Å²) in [6.07, 6.45) is 6.03. The highest BCUT2D eigenvalue weighted by atomic mass is 32.2. The fraction of sp³-hybridized carbons (Fsp3) is 0.941. The normalized spacial score (nSPS) is 32.2. The Balaban J connectivity index is 1.72. The number of ether oxygens (including phenoxy) is 1. The number of thioether (sulfide) groups is 1. The number of nitrogens with one attached hydrogen (secondary N) is 2. The molecule has 0 aromatic carbocycles. The van der Waals surface area contributed by atoms with E-state index in [9.17, 15) is 4.79 Å². The summed E-state index contributed by atoms with van der Waals surface area (Å²) in [6.45, 7) is 9.87. The first-order valence-electron chi connectivity index (χ1n) is 8.62. The summed E-state index contributed by atoms with van der Waals surface area (Å²) in [5, 5.41) is 6.72. The van der Waals surface area contributed by atoms with Gasteiger partial charge >= 0.3 is 6.09 Å². The van der Waals surface area contributed by atoms with Gasteiger partial charge in [0.15, 0.2) is 0 Å². The minimum absolute atomic E-state index is 0.295. The summed E-state index contributed by atoms with van der Waals surface area (Å²) in [4.78, 5) is 11.8. The van der Waals surface area contributed by atoms with Gasteiger partial charge in [-0.2, -0.15) is 11.8 Å². The van der Waals surface area contributed by atoms with E-state index in [1.165, 1.54) is 37.9 Å². The molecule has 0 bridgehead atoms. The van der Waals surface area contributed by atoms with Crippen molar-refractivity contribution >= 4 is 17.9 Å². The van der Waals surface area contributed by atoms with Gasteiger partial charge in [0, 0.05) is 23.9 Å². The van der Waals surface area contributed by atoms with E-state index in [1.54, 1.807) is 0 Å². The largest absolute Gasteiger partial charge is 0.444 e. The standard InChI is InChI=1S/C17H32N2O2S/c1-16(2,3)21-15(20)18-11-13-7-5-8-14(13)19-12-17(4)9-6-10-22-17/h13-14,19H,5-12H2,1-4H3,(H,18,20). The molecule has 1 aliphatic heterocycles. The Labute approximate surface area is 139 Å². The summed E-state index contributed by atoms with van der Waals surface area (Å²) in [5.41, 5.74) is -0.425. The zero-order valence-corrected chi connectivity index (χ0v) is 15.4. The van der Waals surface area contributed by atoms with Crippen LogP contribution in [0, 0.1) is 5.92 Å². The number of hydrogen-bond acceptors (Lipinski definition) is 4. The summed E-state index contributed by atoms with van der Waals surface area (Å²) in [7, 11) is 0. The van der Waals surface area contributed by atoms with Gasteiger partial charge in [0.1, 0.15) is 5.60 Å². The number of amides is 1. The maximum absolute atomic E-state index is 11.8. The molecule has 2 fully saturated rings. The topological polar surface area (TPSA) is 50.4 Å². The van der Waals surface area contributed by atoms with Gasteiger partial charge in [-0.25, -0.2) is 4.79 Å². The van der Waals surface area contributed by atoms with Crippen molar-refractivity contribution in [1.82, 2.24) is 10.6 Å². The molecule has 128 valence electrons. The van der Waals surface area contributed by atoms with Gasteiger partial charge in [-0.3, -0.25) is 0 Å². The second-order valence-corrected chi connectivity index (χ2v) is 9.65. The molecular weight excluding hydrogens is 296 g/mol. The molecular formula is C17H32N2O2S. The Kier molecular flexibility index (Phi) is 6.06. The van der Waals surface area contributed by atoms with Crippen molar-refractivity contribution < 1.29 is 9.53 Å². The first kappa shape index (κ1) is 17.9. The van der Waals surface area contributed by atoms with E-state index in [0.717, 1.165) is 13.1 Å². The van der Waals surface area contributed by atoms with Crippen LogP contribution in [0.4, 0.5) is 4.79 Å². The van der Waals surface area contributed by atoms with E-state index >= 15 is 0 Å². The third kappa shape index (κ3) is 5.65. The Morgan fingerprint density at radius 2 is 2.09 bits per heavy atom. The fourth-order valence-corrected chi connectivity index (χ4v) is 4.66. The Morgan fingerprint density at radius 3 is 2.73 bits per heavy atom. The van der Waals surface area contributed by atoms with Gasteiger partial charge in [-0.1, -0.05) is 6.42 Å². The van der Waals surface area contributed by atoms with Crippen LogP contribution in [0.5, 0.6) is 0 Å². The summed E-state index contributed by atoms with van der Waals surface area (Å²) in [6, 6.07) is 0.535. The third-order valence-corrected chi connectivity index (χ3v) is 6.14. The van der Waals surface area contributed by atoms with Crippen LogP contribution in [0.25, 0.3) is 0 Å². The lowest BCUT2D eigenvalue weighted by Gasteiger charge is -2.28. The molecule has 22 heavy (non-hydrogen) atoms. The van der Waals surface area contributed by atoms with Gasteiger partial charge in [0.25, 0.3) is 0 Å². The van der Waals surface area contributed by atoms with Gasteiger partial charge in [0.2, 0.25) is 0 Å². The first-order valence-corrected chi connectivity index (χ1v) is 9.60. The van der Waals surface area contributed by atoms with E-state index in [2.05, 4.69) is 29.3 Å². The maximum Gasteiger partial charge on any atom is 0.407 e. The average Bonchev–Trinajstić information content (AvgIpc) is 3.01. The van der Waals surface area contributed by atoms with Crippen molar-refractivity contribution in [3.05, 3.63) is 0 Å². The first-order chi connectivity index (χ1) is 10.3. The number of alkyl carbamates (subject to hydrolysis) is 1. The Hall–Kier alpha value is -0.420. The van der Waals surface area contributed by atoms with E-state index in [0.29, 0.717) is 16.7 Å². The molecule has 1 saturated carbocycles. The predicted octanol–water partition coefficient (Wildman–Crippen LogP) is 3.56. The predicted molar refractivity (Wildman–Crippen MR) is 93.5 cm³/mol. The molecule has 2 rings (SSSR count). The summed E-state index contributed by atoms with van der Waals surface area (Å²) >= 11 is 2.10. The van der Waals surface area contributed by atoms with Crippen molar-refractivity contribution in [2.45, 2.75) is 76.2 Å². The number of rotatable bonds is 5. The Morgan fingerprint density at radius 1 is 1.32 bits per heavy atom. The van der Waals surface area contributed by atoms with Crippen molar-refractivity contribution in [1.29, 1.82) is 0 Å². The third-order valence-electron chi connectivity index (χ3n) is 4.61. The smallest absolute Gasteiger partial charge is 0.407 e. The molecule has 3 unspecified atom stereocenters. The summed E-state index contributed by atoms with van der Waals surface area (Å²) < 4.78 is 5.72. The van der Waals surface area contributed by atoms with Crippen molar-refractivity contribution in [2.24, 2.45) is 5.92 Å². The molecule has 0 aromatic heterocycles. The van der Waals surface area contributed by atoms with Crippen LogP contribution in [0.2, 0.25) is 0 Å². The molecule has 2 aliphatic rings. The lowest BCUT2D eigenvalue weighted by molar-refractivity contribution is 0.0517. The molecule has 0 aromatic rings. The van der Waals surface area contributed by atoms with Gasteiger partial charge in [0.05, 0.1) is 0 Å². The van der Waals surface area contributed by atoms with Crippen LogP contribution in [-0.2, 0) is 4.74 Å². The lowest BCUT2D eigenvalue weighted by atomic mass is 10.0. The SMILES string of the molecule is CC(C)(C)OC(=O)NCC1CCCC1NCC1(C)CCCS1. The minimum Gasteiger partial charge on any atom is -0.444 e. The highest BCUT2D eigenvalue weighted by molar-refractivity contribution is 8.00. The van der Waals surface area contributed by atoms with Gasteiger partial charge < -0.3 is 15.4 Å². The van der Waals surface area contributed by atoms with Gasteiger partial charge in [-0.05, 0) is 65.0 Å². The fourth-order valence-electron chi connectivity index (χ4n) is 3.40. The quantitative estimate of drug-likeness (QED) is 0.810. The number of hydrogen-bond donors (Lipinski definition) is 2. The molecule has 5 heteroatoms. The summed E-state index contributed by atoms with van der Waals surface area (Å²) in [5.74, 6) is 1.83. The molecule has 2 N–H and O–H groups in total. The maximum atomic E-state index is 11.8. The lowest BCUT2D eigenvalue weighted by Crippen LogP contribution is -2.44. The van der Waals surface area contributed by atoms with Crippen molar-refractivity contribution in [2.75, 3.05) is 18.8 Å². The van der Waals surface area contributed by atoms with Crippen LogP contribution in [0.1, 0.15) is 59.8 Å². The molecule has 0 spiro atoms. The minimum atomic E-state index is -0.425. The Bertz CT molecular complexity index is 375. The van der Waals surface area contributed by atoms with E-state index in [4.69, 9.17) is 4.74 Å². The molecule has 1 aliphatic carbocycles. The van der Waals surface area contributed by atoms with Gasteiger partial charge in [-0.15, -0.1) is 0 Å². The van der Waals surface area contributed by atoms with Crippen LogP contribution >= 0.6 is 11.8 Å². The molecule has 1 saturated heterocycles. The van der Waals surface area contributed by atoms with E-state index < -0.39 is 5.60 Å². The highest BCUT2D eigenvalue weighted by Gasteiger charge is 2.33. The number of carbonyl (C=O) groups is 1. The molecule has 4 nitrogen and oxygen atoms in total. The monoisotopic (exact) mass is 328 g/mol. The van der Waals surface area contributed by atoms with Crippen LogP contribution in [-0.4, -0.2) is 41.3 Å². The molecule has 0 radical (unpaired) electrons. The highest BCUT2D eigenvalue weighted by Crippen LogP contribution is 2.37. The second kappa shape index (κ2) is 7.43. The molecule has 1 amide bonds. The van der Waals surface area contributed by atoms with Crippen LogP contribution < -0.4 is 10.6 Å². The average molecular weight is 329 g/mol. The molecule has 3 atom stereocenters. The van der Waals surface area contributed by atoms with E-state index in [1.807, 2.05) is 20.8 Å². The van der Waals surface area contributed by atoms with Crippen LogP contribution in [0.15, 0.2) is 0 Å². The zero-order chi connectivity index (χ0) is 16.2. The van der Waals surface area contributed by atoms with Crippen molar-refractivity contribution in [3.63, 3.8) is 0 Å². The van der Waals surface area contributed by atoms with Crippen LogP contribution in [0.3, 0.4) is 0 Å². The second-order valence-electron chi connectivity index (χ2n) is 7.96. The van der Waals surface area contributed by atoms with Crippen molar-refractivity contribution in [3.8, 4) is 0 Å². The zero-order valence-electron chi connectivity index (χ0n) is 14.5. The molecule has 1 heterocycles. The van der Waals surface area contributed by atoms with E-state index in [-0.39, 0.29) is 6.09 Å².